The van der Waals surface area contributed by atoms with E-state index in [-0.39, 0.29) is 0 Å². The molecular formula is C37H21N3S. The van der Waals surface area contributed by atoms with Crippen molar-refractivity contribution in [1.29, 1.82) is 0 Å². The fraction of sp³-hybridized carbons (Fsp3) is 0. The molecule has 0 bridgehead atoms. The third-order valence-corrected chi connectivity index (χ3v) is 9.26. The maximum absolute atomic E-state index is 5.22. The zero-order chi connectivity index (χ0) is 26.9. The monoisotopic (exact) mass is 539 g/mol. The third-order valence-electron chi connectivity index (χ3n) is 8.09. The van der Waals surface area contributed by atoms with Crippen molar-refractivity contribution in [1.82, 2.24) is 15.0 Å². The highest BCUT2D eigenvalue weighted by molar-refractivity contribution is 7.26. The normalized spacial score (nSPS) is 11.9. The van der Waals surface area contributed by atoms with Crippen LogP contribution in [0, 0.1) is 0 Å². The lowest BCUT2D eigenvalue weighted by molar-refractivity contribution is 1.37. The molecule has 41 heavy (non-hydrogen) atoms. The quantitative estimate of drug-likeness (QED) is 0.205. The van der Waals surface area contributed by atoms with Gasteiger partial charge in [0.05, 0.1) is 32.5 Å². The van der Waals surface area contributed by atoms with E-state index in [2.05, 4.69) is 120 Å². The number of rotatable bonds is 2. The Hall–Kier alpha value is -5.19. The molecule has 0 atom stereocenters. The summed E-state index contributed by atoms with van der Waals surface area (Å²) in [6, 6.07) is 42.9. The average Bonchev–Trinajstić information content (AvgIpc) is 3.41. The highest BCUT2D eigenvalue weighted by atomic mass is 32.1. The van der Waals surface area contributed by atoms with Gasteiger partial charge in [-0.05, 0) is 40.6 Å². The van der Waals surface area contributed by atoms with Gasteiger partial charge in [0.25, 0.3) is 0 Å². The summed E-state index contributed by atoms with van der Waals surface area (Å²) in [6.45, 7) is 0. The molecule has 0 saturated carbocycles. The van der Waals surface area contributed by atoms with Gasteiger partial charge in [0.15, 0.2) is 0 Å². The van der Waals surface area contributed by atoms with Crippen molar-refractivity contribution < 1.29 is 0 Å². The van der Waals surface area contributed by atoms with E-state index in [1.54, 1.807) is 0 Å². The average molecular weight is 540 g/mol. The summed E-state index contributed by atoms with van der Waals surface area (Å²) in [7, 11) is 0. The Kier molecular flexibility index (Phi) is 4.77. The van der Waals surface area contributed by atoms with Gasteiger partial charge in [-0.1, -0.05) is 97.1 Å². The van der Waals surface area contributed by atoms with Crippen molar-refractivity contribution >= 4 is 75.1 Å². The predicted octanol–water partition coefficient (Wildman–Crippen LogP) is 10.2. The lowest BCUT2D eigenvalue weighted by Gasteiger charge is -2.12. The zero-order valence-corrected chi connectivity index (χ0v) is 22.7. The summed E-state index contributed by atoms with van der Waals surface area (Å²) in [5.74, 6) is 0. The van der Waals surface area contributed by atoms with Crippen molar-refractivity contribution in [2.24, 2.45) is 0 Å². The summed E-state index contributed by atoms with van der Waals surface area (Å²) in [6.07, 6.45) is 1.84. The summed E-state index contributed by atoms with van der Waals surface area (Å²) < 4.78 is 2.48. The molecule has 0 radical (unpaired) electrons. The van der Waals surface area contributed by atoms with E-state index in [0.29, 0.717) is 0 Å². The predicted molar refractivity (Wildman–Crippen MR) is 174 cm³/mol. The highest BCUT2D eigenvalue weighted by Gasteiger charge is 2.18. The van der Waals surface area contributed by atoms with Gasteiger partial charge in [-0.15, -0.1) is 11.3 Å². The van der Waals surface area contributed by atoms with E-state index in [1.807, 2.05) is 23.6 Å². The van der Waals surface area contributed by atoms with Gasteiger partial charge in [0, 0.05) is 43.6 Å². The van der Waals surface area contributed by atoms with Crippen molar-refractivity contribution in [3.05, 3.63) is 128 Å². The van der Waals surface area contributed by atoms with E-state index in [0.717, 1.165) is 44.1 Å². The molecule has 0 aliphatic heterocycles. The highest BCUT2D eigenvalue weighted by Crippen LogP contribution is 2.44. The van der Waals surface area contributed by atoms with Crippen LogP contribution < -0.4 is 0 Å². The standard InChI is InChI=1S/C37H21N3S/c1-2-8-27-22(6-1)17-20-30-33(27)32(37-36(40-30)28-9-3-4-10-31(28)41-37)24-13-11-23(12-14-24)29-19-18-26-16-15-25-7-5-21-38-34(25)35(26)39-29/h1-21H. The molecule has 0 saturated heterocycles. The van der Waals surface area contributed by atoms with Gasteiger partial charge < -0.3 is 0 Å². The van der Waals surface area contributed by atoms with Crippen LogP contribution in [0.1, 0.15) is 0 Å². The number of hydrogen-bond donors (Lipinski definition) is 0. The van der Waals surface area contributed by atoms with Gasteiger partial charge in [-0.25, -0.2) is 9.97 Å². The van der Waals surface area contributed by atoms with Crippen LogP contribution in [-0.2, 0) is 0 Å². The number of aromatic nitrogens is 3. The van der Waals surface area contributed by atoms with E-state index in [4.69, 9.17) is 9.97 Å². The van der Waals surface area contributed by atoms with E-state index >= 15 is 0 Å². The van der Waals surface area contributed by atoms with Crippen molar-refractivity contribution in [2.45, 2.75) is 0 Å². The maximum Gasteiger partial charge on any atom is 0.0972 e. The maximum atomic E-state index is 5.22. The van der Waals surface area contributed by atoms with Crippen LogP contribution in [0.5, 0.6) is 0 Å². The number of pyridine rings is 3. The first-order valence-corrected chi connectivity index (χ1v) is 14.5. The van der Waals surface area contributed by atoms with Gasteiger partial charge in [-0.3, -0.25) is 4.98 Å². The lowest BCUT2D eigenvalue weighted by Crippen LogP contribution is -1.90. The fourth-order valence-corrected chi connectivity index (χ4v) is 7.35. The van der Waals surface area contributed by atoms with Crippen molar-refractivity contribution in [3.8, 4) is 22.4 Å². The molecule has 0 aliphatic rings. The molecule has 0 aliphatic carbocycles. The van der Waals surface area contributed by atoms with E-state index in [9.17, 15) is 0 Å². The molecule has 0 N–H and O–H groups in total. The Balaban J connectivity index is 1.29. The number of nitrogens with zero attached hydrogens (tertiary/aromatic N) is 3. The van der Waals surface area contributed by atoms with Crippen LogP contribution in [0.4, 0.5) is 0 Å². The minimum absolute atomic E-state index is 0.934. The van der Waals surface area contributed by atoms with Crippen molar-refractivity contribution in [3.63, 3.8) is 0 Å². The zero-order valence-electron chi connectivity index (χ0n) is 21.9. The first kappa shape index (κ1) is 22.6. The van der Waals surface area contributed by atoms with Gasteiger partial charge in [-0.2, -0.15) is 0 Å². The molecule has 0 spiro atoms. The Bertz CT molecular complexity index is 2480. The molecule has 190 valence electrons. The molecule has 0 fully saturated rings. The largest absolute Gasteiger partial charge is 0.254 e. The Morgan fingerprint density at radius 1 is 0.488 bits per heavy atom. The van der Waals surface area contributed by atoms with Crippen molar-refractivity contribution in [2.75, 3.05) is 0 Å². The number of thiophene rings is 1. The Morgan fingerprint density at radius 3 is 2.10 bits per heavy atom. The Labute approximate surface area is 239 Å². The topological polar surface area (TPSA) is 38.7 Å². The van der Waals surface area contributed by atoms with Gasteiger partial charge in [0.2, 0.25) is 0 Å². The summed E-state index contributed by atoms with van der Waals surface area (Å²) in [5.41, 5.74) is 8.42. The number of benzene rings is 5. The molecule has 4 aromatic heterocycles. The van der Waals surface area contributed by atoms with Crippen LogP contribution in [0.25, 0.3) is 86.2 Å². The second kappa shape index (κ2) is 8.65. The smallest absolute Gasteiger partial charge is 0.0972 e. The second-order valence-corrected chi connectivity index (χ2v) is 11.5. The van der Waals surface area contributed by atoms with E-state index < -0.39 is 0 Å². The Morgan fingerprint density at radius 2 is 1.20 bits per heavy atom. The third kappa shape index (κ3) is 3.41. The van der Waals surface area contributed by atoms with Gasteiger partial charge >= 0.3 is 0 Å². The van der Waals surface area contributed by atoms with Crippen LogP contribution in [-0.4, -0.2) is 15.0 Å². The molecule has 4 heterocycles. The minimum Gasteiger partial charge on any atom is -0.254 e. The minimum atomic E-state index is 0.934. The summed E-state index contributed by atoms with van der Waals surface area (Å²) in [4.78, 5) is 14.9. The fourth-order valence-electron chi connectivity index (χ4n) is 6.13. The SMILES string of the molecule is c1ccc2c(c1)ccc1nc3c(sc4ccccc43)c(-c3ccc(-c4ccc5ccc6cccnc6c5n4)cc3)c12. The molecular weight excluding hydrogens is 518 g/mol. The second-order valence-electron chi connectivity index (χ2n) is 10.4. The molecule has 4 heteroatoms. The summed E-state index contributed by atoms with van der Waals surface area (Å²) >= 11 is 1.83. The lowest BCUT2D eigenvalue weighted by atomic mass is 9.94. The molecule has 5 aromatic carbocycles. The van der Waals surface area contributed by atoms with Crippen LogP contribution in [0.15, 0.2) is 128 Å². The molecule has 3 nitrogen and oxygen atoms in total. The van der Waals surface area contributed by atoms with Crippen LogP contribution in [0.2, 0.25) is 0 Å². The molecule has 0 unspecified atom stereocenters. The first-order chi connectivity index (χ1) is 20.3. The number of fused-ring (bicyclic) bond motifs is 9. The van der Waals surface area contributed by atoms with Gasteiger partial charge in [0.1, 0.15) is 0 Å². The molecule has 9 rings (SSSR count). The van der Waals surface area contributed by atoms with E-state index in [1.165, 1.54) is 42.1 Å². The molecule has 0 amide bonds. The van der Waals surface area contributed by atoms with Crippen LogP contribution in [0.3, 0.4) is 0 Å². The first-order valence-electron chi connectivity index (χ1n) is 13.7. The molecule has 9 aromatic rings. The summed E-state index contributed by atoms with van der Waals surface area (Å²) in [5, 5.41) is 7.06. The number of hydrogen-bond acceptors (Lipinski definition) is 4. The van der Waals surface area contributed by atoms with Crippen LogP contribution >= 0.6 is 11.3 Å².